The highest BCUT2D eigenvalue weighted by Gasteiger charge is 2.42. The molecule has 132 valence electrons. The van der Waals surface area contributed by atoms with Crippen LogP contribution in [0.3, 0.4) is 0 Å². The first-order valence-electron chi connectivity index (χ1n) is 8.56. The summed E-state index contributed by atoms with van der Waals surface area (Å²) in [5, 5.41) is 2.88. The molecular weight excluding hydrogens is 329 g/mol. The van der Waals surface area contributed by atoms with Crippen molar-refractivity contribution in [3.8, 4) is 0 Å². The van der Waals surface area contributed by atoms with Gasteiger partial charge in [0.15, 0.2) is 9.84 Å². The first kappa shape index (κ1) is 17.4. The van der Waals surface area contributed by atoms with E-state index in [0.717, 1.165) is 12.3 Å². The molecule has 1 aromatic carbocycles. The second-order valence-corrected chi connectivity index (χ2v) is 9.42. The third-order valence-corrected chi connectivity index (χ3v) is 6.95. The Morgan fingerprint density at radius 2 is 1.96 bits per heavy atom. The minimum Gasteiger partial charge on any atom is -0.352 e. The molecule has 2 saturated carbocycles. The Bertz CT molecular complexity index is 701. The largest absolute Gasteiger partial charge is 0.352 e. The molecule has 1 N–H and O–H groups in total. The zero-order chi connectivity index (χ0) is 17.3. The van der Waals surface area contributed by atoms with Gasteiger partial charge in [0.1, 0.15) is 11.6 Å². The number of benzene rings is 1. The normalized spacial score (nSPS) is 27.2. The van der Waals surface area contributed by atoms with E-state index in [1.54, 1.807) is 0 Å². The van der Waals surface area contributed by atoms with Crippen molar-refractivity contribution in [2.24, 2.45) is 17.8 Å². The molecule has 4 nitrogen and oxygen atoms in total. The Labute approximate surface area is 142 Å². The number of sulfone groups is 1. The highest BCUT2D eigenvalue weighted by molar-refractivity contribution is 7.91. The Morgan fingerprint density at radius 1 is 1.25 bits per heavy atom. The van der Waals surface area contributed by atoms with Gasteiger partial charge in [-0.3, -0.25) is 4.79 Å². The molecule has 0 heterocycles. The predicted octanol–water partition coefficient (Wildman–Crippen LogP) is 2.68. The summed E-state index contributed by atoms with van der Waals surface area (Å²) in [5.41, 5.74) is 0.491. The quantitative estimate of drug-likeness (QED) is 0.855. The van der Waals surface area contributed by atoms with Gasteiger partial charge in [-0.25, -0.2) is 12.8 Å². The molecule has 2 aliphatic carbocycles. The van der Waals surface area contributed by atoms with Gasteiger partial charge < -0.3 is 5.32 Å². The van der Waals surface area contributed by atoms with Crippen LogP contribution in [0, 0.1) is 23.6 Å². The summed E-state index contributed by atoms with van der Waals surface area (Å²) < 4.78 is 37.2. The van der Waals surface area contributed by atoms with Gasteiger partial charge in [-0.15, -0.1) is 0 Å². The topological polar surface area (TPSA) is 63.2 Å². The highest BCUT2D eigenvalue weighted by Crippen LogP contribution is 2.49. The standard InChI is InChI=1S/C18H24FNO3S/c1-12(17-9-14-2-5-15(17)8-14)20-18(21)11-24(22,23)10-13-3-6-16(19)7-4-13/h3-4,6-7,12,14-15,17H,2,5,8-11H2,1H3,(H,20,21)/t12-,14+,15+,17+/m1/s1. The number of nitrogens with one attached hydrogen (secondary N) is 1. The second-order valence-electron chi connectivity index (χ2n) is 7.35. The fourth-order valence-electron chi connectivity index (χ4n) is 4.39. The second kappa shape index (κ2) is 6.82. The van der Waals surface area contributed by atoms with Crippen LogP contribution < -0.4 is 5.32 Å². The fourth-order valence-corrected chi connectivity index (χ4v) is 5.68. The summed E-state index contributed by atoms with van der Waals surface area (Å²) in [6, 6.07) is 5.34. The number of rotatable bonds is 6. The molecule has 2 fully saturated rings. The Morgan fingerprint density at radius 3 is 2.54 bits per heavy atom. The molecule has 0 radical (unpaired) electrons. The van der Waals surface area contributed by atoms with Crippen LogP contribution in [0.25, 0.3) is 0 Å². The summed E-state index contributed by atoms with van der Waals surface area (Å²) in [6.45, 7) is 1.98. The molecule has 0 aromatic heterocycles. The molecule has 2 bridgehead atoms. The van der Waals surface area contributed by atoms with Gasteiger partial charge in [0, 0.05) is 6.04 Å². The highest BCUT2D eigenvalue weighted by atomic mass is 32.2. The van der Waals surface area contributed by atoms with Gasteiger partial charge >= 0.3 is 0 Å². The number of hydrogen-bond acceptors (Lipinski definition) is 3. The number of fused-ring (bicyclic) bond motifs is 2. The van der Waals surface area contributed by atoms with Crippen molar-refractivity contribution in [3.05, 3.63) is 35.6 Å². The maximum Gasteiger partial charge on any atom is 0.235 e. The van der Waals surface area contributed by atoms with Crippen LogP contribution in [0.2, 0.25) is 0 Å². The summed E-state index contributed by atoms with van der Waals surface area (Å²) in [7, 11) is -3.56. The first-order chi connectivity index (χ1) is 11.3. The van der Waals surface area contributed by atoms with E-state index < -0.39 is 27.3 Å². The lowest BCUT2D eigenvalue weighted by atomic mass is 9.84. The van der Waals surface area contributed by atoms with Crippen molar-refractivity contribution in [2.75, 3.05) is 5.75 Å². The van der Waals surface area contributed by atoms with Crippen molar-refractivity contribution in [3.63, 3.8) is 0 Å². The SMILES string of the molecule is C[C@@H](NC(=O)CS(=O)(=O)Cc1ccc(F)cc1)[C@@H]1C[C@H]2CC[C@H]1C2. The molecule has 4 atom stereocenters. The smallest absolute Gasteiger partial charge is 0.235 e. The molecule has 0 spiro atoms. The Balaban J connectivity index is 1.52. The van der Waals surface area contributed by atoms with Crippen LogP contribution in [0.1, 0.15) is 38.2 Å². The molecule has 0 unspecified atom stereocenters. The Kier molecular flexibility index (Phi) is 4.95. The lowest BCUT2D eigenvalue weighted by Gasteiger charge is -2.28. The summed E-state index contributed by atoms with van der Waals surface area (Å²) in [6.07, 6.45) is 4.94. The molecule has 2 aliphatic rings. The maximum atomic E-state index is 12.9. The van der Waals surface area contributed by atoms with Gasteiger partial charge in [-0.05, 0) is 61.6 Å². The average Bonchev–Trinajstić information content (AvgIpc) is 3.11. The molecule has 3 rings (SSSR count). The van der Waals surface area contributed by atoms with E-state index in [2.05, 4.69) is 5.32 Å². The van der Waals surface area contributed by atoms with Crippen molar-refractivity contribution in [1.82, 2.24) is 5.32 Å². The van der Waals surface area contributed by atoms with Crippen LogP contribution in [-0.2, 0) is 20.4 Å². The number of carbonyl (C=O) groups excluding carboxylic acids is 1. The maximum absolute atomic E-state index is 12.9. The lowest BCUT2D eigenvalue weighted by Crippen LogP contribution is -2.42. The van der Waals surface area contributed by atoms with Gasteiger partial charge in [-0.2, -0.15) is 0 Å². The number of halogens is 1. The van der Waals surface area contributed by atoms with E-state index in [1.165, 1.54) is 43.5 Å². The summed E-state index contributed by atoms with van der Waals surface area (Å²) in [5.74, 6) is 0.342. The van der Waals surface area contributed by atoms with Crippen LogP contribution in [0.5, 0.6) is 0 Å². The van der Waals surface area contributed by atoms with Crippen molar-refractivity contribution >= 4 is 15.7 Å². The number of carbonyl (C=O) groups is 1. The van der Waals surface area contributed by atoms with E-state index >= 15 is 0 Å². The average molecular weight is 353 g/mol. The minimum atomic E-state index is -3.56. The van der Waals surface area contributed by atoms with Crippen LogP contribution >= 0.6 is 0 Å². The van der Waals surface area contributed by atoms with Gasteiger partial charge in [-0.1, -0.05) is 18.6 Å². The van der Waals surface area contributed by atoms with Gasteiger partial charge in [0.2, 0.25) is 5.91 Å². The van der Waals surface area contributed by atoms with Crippen molar-refractivity contribution < 1.29 is 17.6 Å². The Hall–Kier alpha value is -1.43. The molecule has 24 heavy (non-hydrogen) atoms. The molecule has 0 aliphatic heterocycles. The van der Waals surface area contributed by atoms with E-state index in [4.69, 9.17) is 0 Å². The van der Waals surface area contributed by atoms with E-state index in [0.29, 0.717) is 17.4 Å². The summed E-state index contributed by atoms with van der Waals surface area (Å²) in [4.78, 5) is 12.1. The molecular formula is C18H24FNO3S. The van der Waals surface area contributed by atoms with Crippen LogP contribution in [-0.4, -0.2) is 26.1 Å². The van der Waals surface area contributed by atoms with Crippen molar-refractivity contribution in [2.45, 2.75) is 44.4 Å². The van der Waals surface area contributed by atoms with E-state index in [9.17, 15) is 17.6 Å². The first-order valence-corrected chi connectivity index (χ1v) is 10.4. The van der Waals surface area contributed by atoms with Gasteiger partial charge in [0.05, 0.1) is 5.75 Å². The monoisotopic (exact) mass is 353 g/mol. The minimum absolute atomic E-state index is 0.0221. The third-order valence-electron chi connectivity index (χ3n) is 5.47. The molecule has 1 aromatic rings. The van der Waals surface area contributed by atoms with Crippen molar-refractivity contribution in [1.29, 1.82) is 0 Å². The lowest BCUT2D eigenvalue weighted by molar-refractivity contribution is -0.119. The third kappa shape index (κ3) is 4.15. The summed E-state index contributed by atoms with van der Waals surface area (Å²) >= 11 is 0. The predicted molar refractivity (Wildman–Crippen MR) is 90.4 cm³/mol. The number of amides is 1. The number of hydrogen-bond donors (Lipinski definition) is 1. The zero-order valence-corrected chi connectivity index (χ0v) is 14.7. The molecule has 0 saturated heterocycles. The molecule has 6 heteroatoms. The van der Waals surface area contributed by atoms with Gasteiger partial charge in [0.25, 0.3) is 0 Å². The van der Waals surface area contributed by atoms with E-state index in [-0.39, 0.29) is 11.8 Å². The van der Waals surface area contributed by atoms with Crippen LogP contribution in [0.4, 0.5) is 4.39 Å². The fraction of sp³-hybridized carbons (Fsp3) is 0.611. The zero-order valence-electron chi connectivity index (χ0n) is 13.9. The molecule has 1 amide bonds. The van der Waals surface area contributed by atoms with Crippen LogP contribution in [0.15, 0.2) is 24.3 Å². The van der Waals surface area contributed by atoms with E-state index in [1.807, 2.05) is 6.92 Å².